The maximum absolute atomic E-state index is 11.9. The summed E-state index contributed by atoms with van der Waals surface area (Å²) < 4.78 is 0.880. The highest BCUT2D eigenvalue weighted by atomic mass is 79.9. The predicted octanol–water partition coefficient (Wildman–Crippen LogP) is 3.95. The fourth-order valence-electron chi connectivity index (χ4n) is 1.89. The van der Waals surface area contributed by atoms with Crippen LogP contribution in [0.5, 0.6) is 0 Å². The standard InChI is InChI=1S/C15H19BrN4OS/c1-3-4-5-12-10(2)18-15(19-12)22-9-14(21)20-13-7-6-11(16)8-17-13/h6-8H,3-5,9H2,1-2H3,(H,18,19)(H,17,20,21). The molecule has 7 heteroatoms. The number of anilines is 1. The van der Waals surface area contributed by atoms with Gasteiger partial charge in [0, 0.05) is 16.4 Å². The summed E-state index contributed by atoms with van der Waals surface area (Å²) in [5, 5.41) is 3.56. The Balaban J connectivity index is 1.84. The highest BCUT2D eigenvalue weighted by Crippen LogP contribution is 2.18. The molecule has 2 heterocycles. The summed E-state index contributed by atoms with van der Waals surface area (Å²) in [6, 6.07) is 3.60. The Morgan fingerprint density at radius 3 is 2.95 bits per heavy atom. The molecule has 0 saturated carbocycles. The SMILES string of the molecule is CCCCc1nc(SCC(=O)Nc2ccc(Br)cn2)[nH]c1C. The molecule has 22 heavy (non-hydrogen) atoms. The molecule has 2 N–H and O–H groups in total. The number of aryl methyl sites for hydroxylation is 2. The second-order valence-corrected chi connectivity index (χ2v) is 6.80. The molecule has 0 aliphatic carbocycles. The van der Waals surface area contributed by atoms with Crippen molar-refractivity contribution in [3.8, 4) is 0 Å². The van der Waals surface area contributed by atoms with Crippen LogP contribution in [0.3, 0.4) is 0 Å². The number of unbranched alkanes of at least 4 members (excludes halogenated alkanes) is 1. The van der Waals surface area contributed by atoms with Crippen molar-refractivity contribution >= 4 is 39.4 Å². The number of thioether (sulfide) groups is 1. The average molecular weight is 383 g/mol. The average Bonchev–Trinajstić information content (AvgIpc) is 2.86. The van der Waals surface area contributed by atoms with E-state index in [1.165, 1.54) is 11.8 Å². The summed E-state index contributed by atoms with van der Waals surface area (Å²) in [7, 11) is 0. The number of aromatic amines is 1. The lowest BCUT2D eigenvalue weighted by Gasteiger charge is -2.03. The minimum atomic E-state index is -0.0935. The van der Waals surface area contributed by atoms with Crippen molar-refractivity contribution < 1.29 is 4.79 Å². The number of carbonyl (C=O) groups is 1. The van der Waals surface area contributed by atoms with Crippen molar-refractivity contribution in [2.24, 2.45) is 0 Å². The molecule has 0 aliphatic heterocycles. The molecule has 0 saturated heterocycles. The Hall–Kier alpha value is -1.34. The lowest BCUT2D eigenvalue weighted by Crippen LogP contribution is -2.14. The first kappa shape index (κ1) is 17.0. The van der Waals surface area contributed by atoms with Crippen molar-refractivity contribution in [3.05, 3.63) is 34.2 Å². The molecule has 0 bridgehead atoms. The van der Waals surface area contributed by atoms with Crippen LogP contribution in [0.2, 0.25) is 0 Å². The molecule has 0 aromatic carbocycles. The number of imidazole rings is 1. The number of nitrogens with zero attached hydrogens (tertiary/aromatic N) is 2. The summed E-state index contributed by atoms with van der Waals surface area (Å²) in [5.74, 6) is 0.759. The van der Waals surface area contributed by atoms with Gasteiger partial charge in [-0.1, -0.05) is 25.1 Å². The van der Waals surface area contributed by atoms with Gasteiger partial charge in [0.15, 0.2) is 5.16 Å². The van der Waals surface area contributed by atoms with Gasteiger partial charge in [-0.2, -0.15) is 0 Å². The lowest BCUT2D eigenvalue weighted by molar-refractivity contribution is -0.113. The van der Waals surface area contributed by atoms with E-state index in [1.807, 2.05) is 13.0 Å². The highest BCUT2D eigenvalue weighted by Gasteiger charge is 2.09. The van der Waals surface area contributed by atoms with Crippen LogP contribution in [-0.2, 0) is 11.2 Å². The normalized spacial score (nSPS) is 10.7. The summed E-state index contributed by atoms with van der Waals surface area (Å²) in [4.78, 5) is 23.8. The highest BCUT2D eigenvalue weighted by molar-refractivity contribution is 9.10. The van der Waals surface area contributed by atoms with Crippen LogP contribution in [0.4, 0.5) is 5.82 Å². The zero-order valence-corrected chi connectivity index (χ0v) is 15.1. The van der Waals surface area contributed by atoms with Crippen molar-refractivity contribution in [2.45, 2.75) is 38.3 Å². The number of nitrogens with one attached hydrogen (secondary N) is 2. The number of pyridine rings is 1. The summed E-state index contributed by atoms with van der Waals surface area (Å²) in [5.41, 5.74) is 2.19. The third-order valence-corrected chi connectivity index (χ3v) is 4.41. The first-order valence-corrected chi connectivity index (χ1v) is 8.96. The molecule has 0 atom stereocenters. The summed E-state index contributed by atoms with van der Waals surface area (Å²) >= 11 is 4.71. The smallest absolute Gasteiger partial charge is 0.236 e. The maximum atomic E-state index is 11.9. The van der Waals surface area contributed by atoms with Crippen LogP contribution in [0, 0.1) is 6.92 Å². The van der Waals surface area contributed by atoms with Crippen LogP contribution in [0.1, 0.15) is 31.2 Å². The molecule has 0 unspecified atom stereocenters. The molecule has 0 radical (unpaired) electrons. The monoisotopic (exact) mass is 382 g/mol. The molecule has 5 nitrogen and oxygen atoms in total. The van der Waals surface area contributed by atoms with Gasteiger partial charge < -0.3 is 10.3 Å². The molecule has 1 amide bonds. The zero-order chi connectivity index (χ0) is 15.9. The molecule has 118 valence electrons. The Labute approximate surface area is 142 Å². The Morgan fingerprint density at radius 2 is 2.27 bits per heavy atom. The molecular formula is C15H19BrN4OS. The van der Waals surface area contributed by atoms with E-state index < -0.39 is 0 Å². The van der Waals surface area contributed by atoms with E-state index in [2.05, 4.69) is 43.1 Å². The van der Waals surface area contributed by atoms with E-state index in [4.69, 9.17) is 0 Å². The van der Waals surface area contributed by atoms with Crippen LogP contribution >= 0.6 is 27.7 Å². The van der Waals surface area contributed by atoms with Gasteiger partial charge in [0.1, 0.15) is 5.82 Å². The second kappa shape index (κ2) is 8.33. The topological polar surface area (TPSA) is 70.7 Å². The number of rotatable bonds is 7. The van der Waals surface area contributed by atoms with Crippen molar-refractivity contribution in [1.29, 1.82) is 0 Å². The number of carbonyl (C=O) groups excluding carboxylic acids is 1. The molecule has 2 aromatic rings. The lowest BCUT2D eigenvalue weighted by atomic mass is 10.2. The molecule has 2 rings (SSSR count). The molecular weight excluding hydrogens is 364 g/mol. The number of halogens is 1. The first-order valence-electron chi connectivity index (χ1n) is 7.18. The molecule has 0 fully saturated rings. The van der Waals surface area contributed by atoms with Crippen molar-refractivity contribution in [3.63, 3.8) is 0 Å². The van der Waals surface area contributed by atoms with Gasteiger partial charge in [-0.15, -0.1) is 0 Å². The minimum absolute atomic E-state index is 0.0935. The van der Waals surface area contributed by atoms with Gasteiger partial charge in [0.25, 0.3) is 0 Å². The van der Waals surface area contributed by atoms with E-state index >= 15 is 0 Å². The fraction of sp³-hybridized carbons (Fsp3) is 0.400. The third kappa shape index (κ3) is 5.14. The number of hydrogen-bond donors (Lipinski definition) is 2. The van der Waals surface area contributed by atoms with Crippen LogP contribution < -0.4 is 5.32 Å². The number of H-pyrrole nitrogens is 1. The number of hydrogen-bond acceptors (Lipinski definition) is 4. The van der Waals surface area contributed by atoms with Crippen LogP contribution in [-0.4, -0.2) is 26.6 Å². The maximum Gasteiger partial charge on any atom is 0.236 e. The molecule has 2 aromatic heterocycles. The van der Waals surface area contributed by atoms with Gasteiger partial charge in [-0.3, -0.25) is 4.79 Å². The number of aromatic nitrogens is 3. The van der Waals surface area contributed by atoms with Gasteiger partial charge in [0.2, 0.25) is 5.91 Å². The summed E-state index contributed by atoms with van der Waals surface area (Å²) in [6.07, 6.45) is 4.91. The van der Waals surface area contributed by atoms with Gasteiger partial charge in [-0.05, 0) is 47.8 Å². The van der Waals surface area contributed by atoms with E-state index in [0.717, 1.165) is 40.3 Å². The van der Waals surface area contributed by atoms with Crippen LogP contribution in [0.15, 0.2) is 28.0 Å². The van der Waals surface area contributed by atoms with E-state index in [1.54, 1.807) is 12.3 Å². The minimum Gasteiger partial charge on any atom is -0.337 e. The van der Waals surface area contributed by atoms with Gasteiger partial charge in [-0.25, -0.2) is 9.97 Å². The van der Waals surface area contributed by atoms with Crippen molar-refractivity contribution in [1.82, 2.24) is 15.0 Å². The first-order chi connectivity index (χ1) is 10.6. The largest absolute Gasteiger partial charge is 0.337 e. The van der Waals surface area contributed by atoms with E-state index in [9.17, 15) is 4.79 Å². The summed E-state index contributed by atoms with van der Waals surface area (Å²) in [6.45, 7) is 4.19. The van der Waals surface area contributed by atoms with E-state index in [-0.39, 0.29) is 5.91 Å². The molecule has 0 aliphatic rings. The van der Waals surface area contributed by atoms with Crippen molar-refractivity contribution in [2.75, 3.05) is 11.1 Å². The number of amides is 1. The molecule has 0 spiro atoms. The van der Waals surface area contributed by atoms with Gasteiger partial charge in [0.05, 0.1) is 11.4 Å². The Morgan fingerprint density at radius 1 is 1.45 bits per heavy atom. The second-order valence-electron chi connectivity index (χ2n) is 4.92. The van der Waals surface area contributed by atoms with Crippen LogP contribution in [0.25, 0.3) is 0 Å². The fourth-order valence-corrected chi connectivity index (χ4v) is 2.86. The Kier molecular flexibility index (Phi) is 6.45. The quantitative estimate of drug-likeness (QED) is 0.711. The predicted molar refractivity (Wildman–Crippen MR) is 93.2 cm³/mol. The van der Waals surface area contributed by atoms with E-state index in [0.29, 0.717) is 11.6 Å². The Bertz CT molecular complexity index is 627. The zero-order valence-electron chi connectivity index (χ0n) is 12.6. The van der Waals surface area contributed by atoms with Gasteiger partial charge >= 0.3 is 0 Å². The third-order valence-electron chi connectivity index (χ3n) is 3.07.